The maximum Gasteiger partial charge on any atom is 0.270 e. The van der Waals surface area contributed by atoms with Crippen molar-refractivity contribution in [3.8, 4) is 11.3 Å². The zero-order valence-corrected chi connectivity index (χ0v) is 14.3. The molecule has 22 heavy (non-hydrogen) atoms. The van der Waals surface area contributed by atoms with Crippen molar-refractivity contribution in [3.63, 3.8) is 0 Å². The molecule has 2 atom stereocenters. The minimum absolute atomic E-state index is 0.0981. The number of rotatable bonds is 2. The molecular formula is C16H22N4OS. The van der Waals surface area contributed by atoms with Gasteiger partial charge in [-0.05, 0) is 26.8 Å². The van der Waals surface area contributed by atoms with E-state index in [1.54, 1.807) is 11.3 Å². The van der Waals surface area contributed by atoms with Gasteiger partial charge in [-0.3, -0.25) is 4.79 Å². The van der Waals surface area contributed by atoms with Gasteiger partial charge in [0.25, 0.3) is 5.91 Å². The zero-order valence-electron chi connectivity index (χ0n) is 13.5. The van der Waals surface area contributed by atoms with Crippen molar-refractivity contribution >= 4 is 17.2 Å². The Kier molecular flexibility index (Phi) is 4.06. The number of hydrogen-bond donors (Lipinski definition) is 1. The van der Waals surface area contributed by atoms with E-state index in [9.17, 15) is 4.79 Å². The molecule has 1 N–H and O–H groups in total. The molecule has 3 rings (SSSR count). The Balaban J connectivity index is 1.85. The summed E-state index contributed by atoms with van der Waals surface area (Å²) in [5.74, 6) is 0.0981. The van der Waals surface area contributed by atoms with Crippen LogP contribution in [-0.2, 0) is 7.05 Å². The van der Waals surface area contributed by atoms with Crippen LogP contribution in [-0.4, -0.2) is 45.5 Å². The van der Waals surface area contributed by atoms with E-state index in [-0.39, 0.29) is 5.91 Å². The highest BCUT2D eigenvalue weighted by molar-refractivity contribution is 7.09. The molecule has 6 heteroatoms. The van der Waals surface area contributed by atoms with Gasteiger partial charge in [0.2, 0.25) is 0 Å². The van der Waals surface area contributed by atoms with Crippen molar-refractivity contribution in [3.05, 3.63) is 28.3 Å². The van der Waals surface area contributed by atoms with E-state index in [1.165, 1.54) is 0 Å². The summed E-state index contributed by atoms with van der Waals surface area (Å²) >= 11 is 1.63. The fourth-order valence-electron chi connectivity index (χ4n) is 3.07. The quantitative estimate of drug-likeness (QED) is 0.924. The number of aromatic nitrogens is 2. The average molecular weight is 318 g/mol. The van der Waals surface area contributed by atoms with Gasteiger partial charge in [-0.1, -0.05) is 0 Å². The second kappa shape index (κ2) is 5.85. The average Bonchev–Trinajstić information content (AvgIpc) is 3.03. The lowest BCUT2D eigenvalue weighted by atomic mass is 10.1. The first-order chi connectivity index (χ1) is 10.4. The van der Waals surface area contributed by atoms with E-state index in [4.69, 9.17) is 0 Å². The first kappa shape index (κ1) is 15.2. The van der Waals surface area contributed by atoms with E-state index in [0.717, 1.165) is 35.0 Å². The molecule has 118 valence electrons. The van der Waals surface area contributed by atoms with Gasteiger partial charge in [0, 0.05) is 49.4 Å². The van der Waals surface area contributed by atoms with Crippen LogP contribution in [0.1, 0.15) is 29.3 Å². The fraction of sp³-hybridized carbons (Fsp3) is 0.500. The van der Waals surface area contributed by atoms with Gasteiger partial charge in [-0.15, -0.1) is 11.3 Å². The Hall–Kier alpha value is -1.66. The SMILES string of the molecule is Cc1nc(-c2cc(C(=O)N3CC(C)NC(C)C3)n(C)c2)cs1. The summed E-state index contributed by atoms with van der Waals surface area (Å²) in [7, 11) is 1.92. The van der Waals surface area contributed by atoms with Crippen LogP contribution in [0.25, 0.3) is 11.3 Å². The molecule has 2 aromatic heterocycles. The Morgan fingerprint density at radius 3 is 2.64 bits per heavy atom. The largest absolute Gasteiger partial charge is 0.346 e. The molecule has 0 spiro atoms. The molecule has 0 bridgehead atoms. The van der Waals surface area contributed by atoms with Crippen molar-refractivity contribution in [2.75, 3.05) is 13.1 Å². The zero-order chi connectivity index (χ0) is 15.9. The van der Waals surface area contributed by atoms with E-state index >= 15 is 0 Å². The van der Waals surface area contributed by atoms with Crippen molar-refractivity contribution in [2.24, 2.45) is 7.05 Å². The highest BCUT2D eigenvalue weighted by Gasteiger charge is 2.27. The van der Waals surface area contributed by atoms with Crippen LogP contribution in [0.2, 0.25) is 0 Å². The van der Waals surface area contributed by atoms with E-state index < -0.39 is 0 Å². The molecule has 0 radical (unpaired) electrons. The van der Waals surface area contributed by atoms with Crippen LogP contribution in [0, 0.1) is 6.92 Å². The Bertz CT molecular complexity index is 680. The number of hydrogen-bond acceptors (Lipinski definition) is 4. The van der Waals surface area contributed by atoms with Crippen LogP contribution in [0.15, 0.2) is 17.6 Å². The van der Waals surface area contributed by atoms with Crippen molar-refractivity contribution in [2.45, 2.75) is 32.9 Å². The minimum atomic E-state index is 0.0981. The molecule has 1 aliphatic heterocycles. The first-order valence-corrected chi connectivity index (χ1v) is 8.46. The lowest BCUT2D eigenvalue weighted by molar-refractivity contribution is 0.0664. The summed E-state index contributed by atoms with van der Waals surface area (Å²) in [4.78, 5) is 19.3. The molecule has 1 saturated heterocycles. The van der Waals surface area contributed by atoms with E-state index in [2.05, 4.69) is 24.1 Å². The van der Waals surface area contributed by atoms with Gasteiger partial charge in [0.05, 0.1) is 10.7 Å². The van der Waals surface area contributed by atoms with Crippen molar-refractivity contribution in [1.29, 1.82) is 0 Å². The third-order valence-corrected chi connectivity index (χ3v) is 4.76. The number of aryl methyl sites for hydroxylation is 2. The monoisotopic (exact) mass is 318 g/mol. The molecule has 0 saturated carbocycles. The lowest BCUT2D eigenvalue weighted by Crippen LogP contribution is -2.56. The van der Waals surface area contributed by atoms with Crippen LogP contribution >= 0.6 is 11.3 Å². The molecule has 1 amide bonds. The van der Waals surface area contributed by atoms with E-state index in [1.807, 2.05) is 41.1 Å². The van der Waals surface area contributed by atoms with Gasteiger partial charge in [0.15, 0.2) is 0 Å². The van der Waals surface area contributed by atoms with E-state index in [0.29, 0.717) is 12.1 Å². The molecule has 1 fully saturated rings. The summed E-state index contributed by atoms with van der Waals surface area (Å²) in [6.07, 6.45) is 1.98. The predicted molar refractivity (Wildman–Crippen MR) is 89.2 cm³/mol. The van der Waals surface area contributed by atoms with Gasteiger partial charge in [-0.2, -0.15) is 0 Å². The smallest absolute Gasteiger partial charge is 0.270 e. The van der Waals surface area contributed by atoms with Crippen LogP contribution in [0.5, 0.6) is 0 Å². The third kappa shape index (κ3) is 2.94. The summed E-state index contributed by atoms with van der Waals surface area (Å²) in [5, 5.41) is 6.53. The number of carbonyl (C=O) groups excluding carboxylic acids is 1. The second-order valence-corrected chi connectivity index (χ2v) is 7.22. The Morgan fingerprint density at radius 2 is 2.05 bits per heavy atom. The number of carbonyl (C=O) groups is 1. The summed E-state index contributed by atoms with van der Waals surface area (Å²) < 4.78 is 1.91. The molecule has 5 nitrogen and oxygen atoms in total. The summed E-state index contributed by atoms with van der Waals surface area (Å²) in [6, 6.07) is 2.61. The van der Waals surface area contributed by atoms with Crippen LogP contribution in [0.4, 0.5) is 0 Å². The minimum Gasteiger partial charge on any atom is -0.346 e. The highest BCUT2D eigenvalue weighted by atomic mass is 32.1. The lowest BCUT2D eigenvalue weighted by Gasteiger charge is -2.36. The molecule has 0 aliphatic carbocycles. The highest BCUT2D eigenvalue weighted by Crippen LogP contribution is 2.24. The second-order valence-electron chi connectivity index (χ2n) is 6.16. The van der Waals surface area contributed by atoms with Gasteiger partial charge < -0.3 is 14.8 Å². The molecule has 2 unspecified atom stereocenters. The van der Waals surface area contributed by atoms with Gasteiger partial charge in [0.1, 0.15) is 5.69 Å². The maximum atomic E-state index is 12.8. The normalized spacial score (nSPS) is 22.1. The fourth-order valence-corrected chi connectivity index (χ4v) is 3.69. The molecule has 3 heterocycles. The molecule has 2 aromatic rings. The number of thiazole rings is 1. The Morgan fingerprint density at radius 1 is 1.36 bits per heavy atom. The maximum absolute atomic E-state index is 12.8. The first-order valence-electron chi connectivity index (χ1n) is 7.58. The third-order valence-electron chi connectivity index (χ3n) is 3.98. The molecule has 0 aromatic carbocycles. The Labute approximate surface area is 135 Å². The number of piperazine rings is 1. The molecular weight excluding hydrogens is 296 g/mol. The van der Waals surface area contributed by atoms with Gasteiger partial charge in [-0.25, -0.2) is 4.98 Å². The predicted octanol–water partition coefficient (Wildman–Crippen LogP) is 2.28. The van der Waals surface area contributed by atoms with Crippen molar-refractivity contribution < 1.29 is 4.79 Å². The van der Waals surface area contributed by atoms with Crippen LogP contribution < -0.4 is 5.32 Å². The summed E-state index contributed by atoms with van der Waals surface area (Å²) in [5.41, 5.74) is 2.67. The number of amides is 1. The summed E-state index contributed by atoms with van der Waals surface area (Å²) in [6.45, 7) is 7.72. The molecule has 1 aliphatic rings. The van der Waals surface area contributed by atoms with Crippen LogP contribution in [0.3, 0.4) is 0 Å². The number of nitrogens with zero attached hydrogens (tertiary/aromatic N) is 3. The standard InChI is InChI=1S/C16H22N4OS/c1-10-6-20(7-11(2)17-10)16(21)15-5-13(8-19(15)4)14-9-22-12(3)18-14/h5,8-11,17H,6-7H2,1-4H3. The topological polar surface area (TPSA) is 50.2 Å². The van der Waals surface area contributed by atoms with Crippen molar-refractivity contribution in [1.82, 2.24) is 19.8 Å². The number of nitrogens with one attached hydrogen (secondary N) is 1. The van der Waals surface area contributed by atoms with Gasteiger partial charge >= 0.3 is 0 Å².